The molecular formula is C11H14F2O2. The average Bonchev–Trinajstić information content (AvgIpc) is 2.17. The minimum absolute atomic E-state index is 0.0210. The third-order valence-corrected chi connectivity index (χ3v) is 2.15. The molecule has 0 fully saturated rings. The van der Waals surface area contributed by atoms with Gasteiger partial charge < -0.3 is 9.84 Å². The van der Waals surface area contributed by atoms with Crippen molar-refractivity contribution in [3.8, 4) is 0 Å². The van der Waals surface area contributed by atoms with Crippen LogP contribution in [0.25, 0.3) is 0 Å². The molecule has 0 saturated carbocycles. The van der Waals surface area contributed by atoms with E-state index in [0.717, 1.165) is 0 Å². The highest BCUT2D eigenvalue weighted by Crippen LogP contribution is 2.14. The van der Waals surface area contributed by atoms with E-state index in [4.69, 9.17) is 4.74 Å². The Labute approximate surface area is 87.5 Å². The Morgan fingerprint density at radius 2 is 1.93 bits per heavy atom. The molecule has 1 atom stereocenters. The topological polar surface area (TPSA) is 29.5 Å². The van der Waals surface area contributed by atoms with Gasteiger partial charge in [0.05, 0.1) is 12.7 Å². The van der Waals surface area contributed by atoms with Crippen LogP contribution in [0.5, 0.6) is 0 Å². The zero-order valence-electron chi connectivity index (χ0n) is 8.54. The van der Waals surface area contributed by atoms with Crippen LogP contribution in [-0.2, 0) is 11.2 Å². The fourth-order valence-electron chi connectivity index (χ4n) is 1.36. The Morgan fingerprint density at radius 3 is 2.47 bits per heavy atom. The van der Waals surface area contributed by atoms with E-state index in [1.807, 2.05) is 0 Å². The molecule has 0 aromatic heterocycles. The van der Waals surface area contributed by atoms with Crippen molar-refractivity contribution in [3.63, 3.8) is 0 Å². The fraction of sp³-hybridized carbons (Fsp3) is 0.455. The SMILES string of the molecule is COCC(O)CCc1c(F)cccc1F. The number of ether oxygens (including phenoxy) is 1. The first-order valence-corrected chi connectivity index (χ1v) is 4.75. The smallest absolute Gasteiger partial charge is 0.129 e. The summed E-state index contributed by atoms with van der Waals surface area (Å²) >= 11 is 0. The molecule has 0 heterocycles. The predicted molar refractivity (Wildman–Crippen MR) is 52.6 cm³/mol. The molecule has 0 radical (unpaired) electrons. The molecule has 0 aliphatic rings. The molecule has 1 aromatic carbocycles. The molecule has 84 valence electrons. The van der Waals surface area contributed by atoms with Crippen LogP contribution in [-0.4, -0.2) is 24.9 Å². The zero-order chi connectivity index (χ0) is 11.3. The molecule has 1 rings (SSSR count). The molecule has 1 N–H and O–H groups in total. The van der Waals surface area contributed by atoms with E-state index < -0.39 is 17.7 Å². The molecule has 1 aromatic rings. The lowest BCUT2D eigenvalue weighted by Crippen LogP contribution is -2.15. The van der Waals surface area contributed by atoms with Crippen LogP contribution >= 0.6 is 0 Å². The van der Waals surface area contributed by atoms with E-state index in [-0.39, 0.29) is 25.0 Å². The third kappa shape index (κ3) is 3.57. The minimum Gasteiger partial charge on any atom is -0.391 e. The first-order valence-electron chi connectivity index (χ1n) is 4.75. The summed E-state index contributed by atoms with van der Waals surface area (Å²) in [5.74, 6) is -1.14. The molecule has 15 heavy (non-hydrogen) atoms. The third-order valence-electron chi connectivity index (χ3n) is 2.15. The van der Waals surface area contributed by atoms with Crippen LogP contribution in [0.4, 0.5) is 8.78 Å². The van der Waals surface area contributed by atoms with Crippen molar-refractivity contribution < 1.29 is 18.6 Å². The van der Waals surface area contributed by atoms with Crippen molar-refractivity contribution in [2.24, 2.45) is 0 Å². The van der Waals surface area contributed by atoms with Crippen molar-refractivity contribution in [1.82, 2.24) is 0 Å². The number of benzene rings is 1. The van der Waals surface area contributed by atoms with E-state index in [0.29, 0.717) is 0 Å². The van der Waals surface area contributed by atoms with Gasteiger partial charge in [0.1, 0.15) is 11.6 Å². The highest BCUT2D eigenvalue weighted by atomic mass is 19.1. The zero-order valence-corrected chi connectivity index (χ0v) is 8.54. The summed E-state index contributed by atoms with van der Waals surface area (Å²) < 4.78 is 31.0. The summed E-state index contributed by atoms with van der Waals surface area (Å²) in [5.41, 5.74) is 0.0210. The van der Waals surface area contributed by atoms with Gasteiger partial charge in [-0.05, 0) is 25.0 Å². The number of hydrogen-bond donors (Lipinski definition) is 1. The summed E-state index contributed by atoms with van der Waals surface area (Å²) in [5, 5.41) is 9.32. The van der Waals surface area contributed by atoms with Gasteiger partial charge in [0.15, 0.2) is 0 Å². The maximum Gasteiger partial charge on any atom is 0.129 e. The van der Waals surface area contributed by atoms with E-state index in [9.17, 15) is 13.9 Å². The molecule has 0 spiro atoms. The number of rotatable bonds is 5. The van der Waals surface area contributed by atoms with E-state index in [1.165, 1.54) is 25.3 Å². The van der Waals surface area contributed by atoms with Gasteiger partial charge in [0.2, 0.25) is 0 Å². The Hall–Kier alpha value is -1.00. The number of halogens is 2. The summed E-state index contributed by atoms with van der Waals surface area (Å²) in [6.07, 6.45) is -0.233. The Balaban J connectivity index is 2.57. The summed E-state index contributed by atoms with van der Waals surface area (Å²) in [7, 11) is 1.47. The second-order valence-corrected chi connectivity index (χ2v) is 3.35. The first-order chi connectivity index (χ1) is 7.15. The standard InChI is InChI=1S/C11H14F2O2/c1-15-7-8(14)5-6-9-10(12)3-2-4-11(9)13/h2-4,8,14H,5-7H2,1H3. The van der Waals surface area contributed by atoms with Crippen LogP contribution in [0.2, 0.25) is 0 Å². The molecule has 4 heteroatoms. The first kappa shape index (κ1) is 12.1. The summed E-state index contributed by atoms with van der Waals surface area (Å²) in [6.45, 7) is 0.177. The summed E-state index contributed by atoms with van der Waals surface area (Å²) in [4.78, 5) is 0. The van der Waals surface area contributed by atoms with Crippen molar-refractivity contribution in [2.45, 2.75) is 18.9 Å². The van der Waals surface area contributed by atoms with Crippen LogP contribution in [0.3, 0.4) is 0 Å². The monoisotopic (exact) mass is 216 g/mol. The molecule has 0 amide bonds. The van der Waals surface area contributed by atoms with Gasteiger partial charge in [0.25, 0.3) is 0 Å². The van der Waals surface area contributed by atoms with E-state index in [2.05, 4.69) is 0 Å². The fourth-order valence-corrected chi connectivity index (χ4v) is 1.36. The largest absolute Gasteiger partial charge is 0.391 e. The summed E-state index contributed by atoms with van der Waals surface area (Å²) in [6, 6.07) is 3.74. The lowest BCUT2D eigenvalue weighted by atomic mass is 10.1. The Kier molecular flexibility index (Phi) is 4.65. The van der Waals surface area contributed by atoms with Gasteiger partial charge in [-0.25, -0.2) is 8.78 Å². The molecule has 0 aliphatic heterocycles. The molecule has 0 aliphatic carbocycles. The van der Waals surface area contributed by atoms with Crippen LogP contribution in [0.15, 0.2) is 18.2 Å². The maximum absolute atomic E-state index is 13.1. The normalized spacial score (nSPS) is 12.8. The molecule has 1 unspecified atom stereocenters. The quantitative estimate of drug-likeness (QED) is 0.814. The van der Waals surface area contributed by atoms with Gasteiger partial charge in [-0.1, -0.05) is 6.07 Å². The average molecular weight is 216 g/mol. The number of methoxy groups -OCH3 is 1. The lowest BCUT2D eigenvalue weighted by molar-refractivity contribution is 0.0593. The molecular weight excluding hydrogens is 202 g/mol. The lowest BCUT2D eigenvalue weighted by Gasteiger charge is -2.09. The molecule has 0 bridgehead atoms. The van der Waals surface area contributed by atoms with Gasteiger partial charge in [-0.2, -0.15) is 0 Å². The highest BCUT2D eigenvalue weighted by molar-refractivity contribution is 5.19. The molecule has 0 saturated heterocycles. The number of hydrogen-bond acceptors (Lipinski definition) is 2. The van der Waals surface area contributed by atoms with E-state index >= 15 is 0 Å². The van der Waals surface area contributed by atoms with Crippen molar-refractivity contribution in [1.29, 1.82) is 0 Å². The second-order valence-electron chi connectivity index (χ2n) is 3.35. The van der Waals surface area contributed by atoms with Crippen LogP contribution in [0.1, 0.15) is 12.0 Å². The van der Waals surface area contributed by atoms with Gasteiger partial charge >= 0.3 is 0 Å². The minimum atomic E-state index is -0.686. The second kappa shape index (κ2) is 5.78. The number of aliphatic hydroxyl groups excluding tert-OH is 1. The maximum atomic E-state index is 13.1. The predicted octanol–water partition coefficient (Wildman–Crippen LogP) is 1.90. The van der Waals surface area contributed by atoms with Crippen LogP contribution in [0, 0.1) is 11.6 Å². The number of aliphatic hydroxyl groups is 1. The highest BCUT2D eigenvalue weighted by Gasteiger charge is 2.10. The van der Waals surface area contributed by atoms with Crippen molar-refractivity contribution in [2.75, 3.05) is 13.7 Å². The van der Waals surface area contributed by atoms with Crippen molar-refractivity contribution in [3.05, 3.63) is 35.4 Å². The van der Waals surface area contributed by atoms with E-state index in [1.54, 1.807) is 0 Å². The Bertz CT molecular complexity index is 295. The van der Waals surface area contributed by atoms with Gasteiger partial charge in [0, 0.05) is 12.7 Å². The van der Waals surface area contributed by atoms with Crippen molar-refractivity contribution >= 4 is 0 Å². The Morgan fingerprint density at radius 1 is 1.33 bits per heavy atom. The van der Waals surface area contributed by atoms with Crippen LogP contribution < -0.4 is 0 Å². The molecule has 2 nitrogen and oxygen atoms in total. The van der Waals surface area contributed by atoms with Gasteiger partial charge in [-0.15, -0.1) is 0 Å². The van der Waals surface area contributed by atoms with Gasteiger partial charge in [-0.3, -0.25) is 0 Å².